The highest BCUT2D eigenvalue weighted by Crippen LogP contribution is 2.24. The van der Waals surface area contributed by atoms with Gasteiger partial charge in [0.2, 0.25) is 0 Å². The lowest BCUT2D eigenvalue weighted by molar-refractivity contribution is 0.447. The summed E-state index contributed by atoms with van der Waals surface area (Å²) in [5.74, 6) is 1.13. The zero-order valence-corrected chi connectivity index (χ0v) is 12.2. The zero-order chi connectivity index (χ0) is 14.2. The van der Waals surface area contributed by atoms with Crippen molar-refractivity contribution in [3.05, 3.63) is 30.3 Å². The Kier molecular flexibility index (Phi) is 3.52. The fourth-order valence-electron chi connectivity index (χ4n) is 2.61. The number of fused-ring (bicyclic) bond motifs is 1. The third kappa shape index (κ3) is 2.58. The molecule has 0 aromatic carbocycles. The van der Waals surface area contributed by atoms with Crippen LogP contribution < -0.4 is 5.32 Å². The monoisotopic (exact) mass is 294 g/mol. The van der Waals surface area contributed by atoms with Crippen LogP contribution in [0.1, 0.15) is 31.6 Å². The second-order valence-electron chi connectivity index (χ2n) is 5.32. The Morgan fingerprint density at radius 2 is 2.40 bits per heavy atom. The van der Waals surface area contributed by atoms with Crippen molar-refractivity contribution in [3.8, 4) is 0 Å². The Balaban J connectivity index is 1.68. The molecule has 2 aromatic rings. The maximum atomic E-state index is 11.8. The van der Waals surface area contributed by atoms with E-state index in [2.05, 4.69) is 10.3 Å². The number of aromatic nitrogens is 1. The summed E-state index contributed by atoms with van der Waals surface area (Å²) in [7, 11) is -2.89. The van der Waals surface area contributed by atoms with Gasteiger partial charge in [-0.05, 0) is 31.9 Å². The molecule has 1 aliphatic rings. The summed E-state index contributed by atoms with van der Waals surface area (Å²) < 4.78 is 29.3. The maximum absolute atomic E-state index is 11.8. The smallest absolute Gasteiger partial charge is 0.154 e. The van der Waals surface area contributed by atoms with Crippen LogP contribution in [0.3, 0.4) is 0 Å². The van der Waals surface area contributed by atoms with Gasteiger partial charge in [-0.2, -0.15) is 0 Å². The Morgan fingerprint density at radius 1 is 1.55 bits per heavy atom. The van der Waals surface area contributed by atoms with Crippen LogP contribution in [0.5, 0.6) is 0 Å². The summed E-state index contributed by atoms with van der Waals surface area (Å²) >= 11 is 0. The number of hydrogen-bond donors (Lipinski definition) is 1. The molecule has 3 rings (SSSR count). The fraction of sp³-hybridized carbons (Fsp3) is 0.500. The zero-order valence-electron chi connectivity index (χ0n) is 11.4. The lowest BCUT2D eigenvalue weighted by Crippen LogP contribution is -2.32. The summed E-state index contributed by atoms with van der Waals surface area (Å²) in [5, 5.41) is 3.97. The molecule has 0 amide bonds. The first-order chi connectivity index (χ1) is 9.56. The second-order valence-corrected chi connectivity index (χ2v) is 7.72. The third-order valence-electron chi connectivity index (χ3n) is 3.88. The summed E-state index contributed by atoms with van der Waals surface area (Å²) in [6.45, 7) is 2.46. The molecule has 1 N–H and O–H groups in total. The molecule has 5 nitrogen and oxygen atoms in total. The molecular weight excluding hydrogens is 276 g/mol. The van der Waals surface area contributed by atoms with Crippen molar-refractivity contribution in [2.75, 3.05) is 12.3 Å². The molecule has 3 heterocycles. The first-order valence-corrected chi connectivity index (χ1v) is 8.56. The average molecular weight is 294 g/mol. The molecule has 2 aromatic heterocycles. The van der Waals surface area contributed by atoms with Crippen LogP contribution in [0.25, 0.3) is 11.0 Å². The van der Waals surface area contributed by atoms with Crippen molar-refractivity contribution < 1.29 is 12.8 Å². The number of nitrogens with one attached hydrogen (secondary N) is 1. The quantitative estimate of drug-likeness (QED) is 0.934. The van der Waals surface area contributed by atoms with Gasteiger partial charge in [0.25, 0.3) is 0 Å². The Hall–Kier alpha value is -1.40. The first-order valence-electron chi connectivity index (χ1n) is 6.85. The largest absolute Gasteiger partial charge is 0.459 e. The van der Waals surface area contributed by atoms with E-state index in [1.807, 2.05) is 19.1 Å². The van der Waals surface area contributed by atoms with Gasteiger partial charge in [0.1, 0.15) is 11.3 Å². The van der Waals surface area contributed by atoms with E-state index in [1.54, 1.807) is 12.4 Å². The van der Waals surface area contributed by atoms with Crippen LogP contribution in [0, 0.1) is 0 Å². The van der Waals surface area contributed by atoms with Crippen LogP contribution in [-0.2, 0) is 9.84 Å². The van der Waals surface area contributed by atoms with Gasteiger partial charge in [-0.1, -0.05) is 0 Å². The van der Waals surface area contributed by atoms with Gasteiger partial charge in [0.05, 0.1) is 17.0 Å². The van der Waals surface area contributed by atoms with Gasteiger partial charge >= 0.3 is 0 Å². The molecule has 0 bridgehead atoms. The standard InChI is InChI=1S/C14H18N2O3S/c1-10(16-9-12-3-2-6-20(12,17)18)14-7-11-8-15-5-4-13(11)19-14/h4-5,7-8,10,12,16H,2-3,6,9H2,1H3. The molecule has 1 saturated heterocycles. The highest BCUT2D eigenvalue weighted by molar-refractivity contribution is 7.92. The molecule has 0 aliphatic carbocycles. The van der Waals surface area contributed by atoms with Gasteiger partial charge in [-0.15, -0.1) is 0 Å². The van der Waals surface area contributed by atoms with E-state index < -0.39 is 9.84 Å². The van der Waals surface area contributed by atoms with E-state index >= 15 is 0 Å². The second kappa shape index (κ2) is 5.18. The topological polar surface area (TPSA) is 72.2 Å². The fourth-order valence-corrected chi connectivity index (χ4v) is 4.39. The van der Waals surface area contributed by atoms with Crippen molar-refractivity contribution in [2.45, 2.75) is 31.1 Å². The van der Waals surface area contributed by atoms with Crippen molar-refractivity contribution in [1.29, 1.82) is 0 Å². The molecule has 2 unspecified atom stereocenters. The molecule has 1 fully saturated rings. The number of sulfone groups is 1. The Morgan fingerprint density at radius 3 is 3.10 bits per heavy atom. The predicted molar refractivity (Wildman–Crippen MR) is 77.2 cm³/mol. The van der Waals surface area contributed by atoms with Crippen molar-refractivity contribution >= 4 is 20.8 Å². The van der Waals surface area contributed by atoms with E-state index in [0.717, 1.165) is 29.6 Å². The summed E-state index contributed by atoms with van der Waals surface area (Å²) in [5.41, 5.74) is 0.803. The third-order valence-corrected chi connectivity index (χ3v) is 6.15. The molecule has 2 atom stereocenters. The highest BCUT2D eigenvalue weighted by atomic mass is 32.2. The highest BCUT2D eigenvalue weighted by Gasteiger charge is 2.31. The molecule has 6 heteroatoms. The molecule has 20 heavy (non-hydrogen) atoms. The van der Waals surface area contributed by atoms with Crippen molar-refractivity contribution in [3.63, 3.8) is 0 Å². The minimum Gasteiger partial charge on any atom is -0.459 e. The van der Waals surface area contributed by atoms with Crippen LogP contribution in [-0.4, -0.2) is 30.9 Å². The van der Waals surface area contributed by atoms with Gasteiger partial charge in [-0.3, -0.25) is 4.98 Å². The predicted octanol–water partition coefficient (Wildman–Crippen LogP) is 2.06. The lowest BCUT2D eigenvalue weighted by Gasteiger charge is -2.15. The minimum absolute atomic E-state index is 0.0156. The Bertz CT molecular complexity index is 675. The number of hydrogen-bond acceptors (Lipinski definition) is 5. The van der Waals surface area contributed by atoms with Crippen LogP contribution in [0.15, 0.2) is 28.9 Å². The van der Waals surface area contributed by atoms with Crippen LogP contribution in [0.2, 0.25) is 0 Å². The van der Waals surface area contributed by atoms with E-state index in [9.17, 15) is 8.42 Å². The number of pyridine rings is 1. The molecule has 108 valence electrons. The molecule has 0 spiro atoms. The molecule has 1 aliphatic heterocycles. The number of rotatable bonds is 4. The van der Waals surface area contributed by atoms with Gasteiger partial charge in [0, 0.05) is 24.3 Å². The summed E-state index contributed by atoms with van der Waals surface area (Å²) in [4.78, 5) is 4.05. The average Bonchev–Trinajstić information content (AvgIpc) is 2.98. The first kappa shape index (κ1) is 13.6. The Labute approximate surface area is 118 Å². The number of nitrogens with zero attached hydrogens (tertiary/aromatic N) is 1. The van der Waals surface area contributed by atoms with Crippen LogP contribution in [0.4, 0.5) is 0 Å². The normalized spacial score (nSPS) is 23.1. The van der Waals surface area contributed by atoms with Crippen molar-refractivity contribution in [2.24, 2.45) is 0 Å². The van der Waals surface area contributed by atoms with E-state index in [4.69, 9.17) is 4.42 Å². The van der Waals surface area contributed by atoms with Gasteiger partial charge < -0.3 is 9.73 Å². The molecule has 0 saturated carbocycles. The SMILES string of the molecule is CC(NCC1CCCS1(=O)=O)c1cc2cnccc2o1. The van der Waals surface area contributed by atoms with E-state index in [0.29, 0.717) is 12.3 Å². The molecule has 0 radical (unpaired) electrons. The summed E-state index contributed by atoms with van der Waals surface area (Å²) in [6.07, 6.45) is 4.99. The van der Waals surface area contributed by atoms with Crippen molar-refractivity contribution in [1.82, 2.24) is 10.3 Å². The molecular formula is C14H18N2O3S. The maximum Gasteiger partial charge on any atom is 0.154 e. The van der Waals surface area contributed by atoms with Crippen LogP contribution >= 0.6 is 0 Å². The lowest BCUT2D eigenvalue weighted by atomic mass is 10.2. The van der Waals surface area contributed by atoms with E-state index in [1.165, 1.54) is 0 Å². The van der Waals surface area contributed by atoms with Gasteiger partial charge in [0.15, 0.2) is 9.84 Å². The summed E-state index contributed by atoms with van der Waals surface area (Å²) in [6, 6.07) is 3.76. The van der Waals surface area contributed by atoms with Gasteiger partial charge in [-0.25, -0.2) is 8.42 Å². The van der Waals surface area contributed by atoms with E-state index in [-0.39, 0.29) is 11.3 Å². The minimum atomic E-state index is -2.89. The number of furan rings is 1.